The summed E-state index contributed by atoms with van der Waals surface area (Å²) in [7, 11) is 0. The molecule has 25 heavy (non-hydrogen) atoms. The molecule has 2 aromatic heterocycles. The Balaban J connectivity index is 1.88. The second kappa shape index (κ2) is 7.76. The van der Waals surface area contributed by atoms with Crippen molar-refractivity contribution in [3.63, 3.8) is 0 Å². The van der Waals surface area contributed by atoms with Crippen molar-refractivity contribution in [3.05, 3.63) is 55.1 Å². The van der Waals surface area contributed by atoms with Crippen molar-refractivity contribution in [2.75, 3.05) is 6.54 Å². The molecule has 0 aliphatic carbocycles. The van der Waals surface area contributed by atoms with E-state index < -0.39 is 0 Å². The summed E-state index contributed by atoms with van der Waals surface area (Å²) < 4.78 is 14.0. The normalized spacial score (nSPS) is 12.1. The largest absolute Gasteiger partial charge is 0.352 e. The molecule has 0 aliphatic rings. The van der Waals surface area contributed by atoms with Crippen LogP contribution in [-0.4, -0.2) is 27.7 Å². The Morgan fingerprint density at radius 3 is 2.88 bits per heavy atom. The highest BCUT2D eigenvalue weighted by Gasteiger charge is 2.18. The molecule has 0 unspecified atom stereocenters. The van der Waals surface area contributed by atoms with Crippen LogP contribution in [0.5, 0.6) is 0 Å². The highest BCUT2D eigenvalue weighted by molar-refractivity contribution is 8.00. The molecule has 1 amide bonds. The number of thiophene rings is 1. The summed E-state index contributed by atoms with van der Waals surface area (Å²) in [5.74, 6) is -0.327. The molecule has 128 valence electrons. The second-order valence-corrected chi connectivity index (χ2v) is 7.69. The van der Waals surface area contributed by atoms with E-state index in [9.17, 15) is 9.18 Å². The van der Waals surface area contributed by atoms with Gasteiger partial charge < -0.3 is 5.32 Å². The molecule has 3 aromatic rings. The van der Waals surface area contributed by atoms with Gasteiger partial charge in [0.2, 0.25) is 5.91 Å². The van der Waals surface area contributed by atoms with Crippen LogP contribution in [0.4, 0.5) is 4.39 Å². The first-order valence-electron chi connectivity index (χ1n) is 7.64. The average molecular weight is 373 g/mol. The SMILES string of the molecule is C=CCNC(=O)[C@@H](C)Sc1ncnc2cc(-c3ccc(F)cc3)sc12. The average Bonchev–Trinajstić information content (AvgIpc) is 3.05. The van der Waals surface area contributed by atoms with Gasteiger partial charge in [0.05, 0.1) is 15.5 Å². The molecule has 7 heteroatoms. The summed E-state index contributed by atoms with van der Waals surface area (Å²) in [6.45, 7) is 5.87. The number of carbonyl (C=O) groups is 1. The van der Waals surface area contributed by atoms with Gasteiger partial charge in [-0.15, -0.1) is 17.9 Å². The highest BCUT2D eigenvalue weighted by atomic mass is 32.2. The number of benzene rings is 1. The summed E-state index contributed by atoms with van der Waals surface area (Å²) in [5, 5.41) is 3.27. The van der Waals surface area contributed by atoms with E-state index in [1.54, 1.807) is 18.2 Å². The van der Waals surface area contributed by atoms with Crippen molar-refractivity contribution in [2.24, 2.45) is 0 Å². The summed E-state index contributed by atoms with van der Waals surface area (Å²) >= 11 is 2.93. The van der Waals surface area contributed by atoms with Crippen molar-refractivity contribution in [1.29, 1.82) is 0 Å². The van der Waals surface area contributed by atoms with Gasteiger partial charge >= 0.3 is 0 Å². The molecule has 0 spiro atoms. The second-order valence-electron chi connectivity index (χ2n) is 5.30. The van der Waals surface area contributed by atoms with E-state index >= 15 is 0 Å². The number of hydrogen-bond acceptors (Lipinski definition) is 5. The number of rotatable bonds is 6. The molecule has 0 radical (unpaired) electrons. The summed E-state index contributed by atoms with van der Waals surface area (Å²) in [5.41, 5.74) is 1.75. The smallest absolute Gasteiger partial charge is 0.233 e. The first kappa shape index (κ1) is 17.6. The molecule has 1 N–H and O–H groups in total. The van der Waals surface area contributed by atoms with Gasteiger partial charge in [-0.05, 0) is 30.7 Å². The van der Waals surface area contributed by atoms with Crippen LogP contribution >= 0.6 is 23.1 Å². The molecule has 0 saturated heterocycles. The number of fused-ring (bicyclic) bond motifs is 1. The fourth-order valence-corrected chi connectivity index (χ4v) is 4.33. The minimum atomic E-state index is -0.283. The van der Waals surface area contributed by atoms with Crippen LogP contribution < -0.4 is 5.32 Å². The Hall–Kier alpha value is -2.25. The van der Waals surface area contributed by atoms with Gasteiger partial charge in [0.15, 0.2) is 0 Å². The van der Waals surface area contributed by atoms with E-state index in [-0.39, 0.29) is 17.0 Å². The van der Waals surface area contributed by atoms with E-state index in [1.807, 2.05) is 13.0 Å². The third kappa shape index (κ3) is 4.05. The predicted octanol–water partition coefficient (Wildman–Crippen LogP) is 4.28. The maximum Gasteiger partial charge on any atom is 0.233 e. The minimum Gasteiger partial charge on any atom is -0.352 e. The number of thioether (sulfide) groups is 1. The third-order valence-corrected chi connectivity index (χ3v) is 5.90. The first-order valence-corrected chi connectivity index (χ1v) is 9.34. The minimum absolute atomic E-state index is 0.0630. The van der Waals surface area contributed by atoms with Crippen molar-refractivity contribution in [3.8, 4) is 10.4 Å². The molecule has 0 aliphatic heterocycles. The molecule has 0 saturated carbocycles. The van der Waals surface area contributed by atoms with Crippen molar-refractivity contribution in [2.45, 2.75) is 17.2 Å². The Kier molecular flexibility index (Phi) is 5.45. The zero-order valence-corrected chi connectivity index (χ0v) is 15.2. The van der Waals surface area contributed by atoms with E-state index in [2.05, 4.69) is 21.9 Å². The lowest BCUT2D eigenvalue weighted by Crippen LogP contribution is -2.30. The van der Waals surface area contributed by atoms with Crippen molar-refractivity contribution < 1.29 is 9.18 Å². The zero-order chi connectivity index (χ0) is 17.8. The lowest BCUT2D eigenvalue weighted by Gasteiger charge is -2.10. The summed E-state index contributed by atoms with van der Waals surface area (Å²) in [6, 6.07) is 8.32. The number of halogens is 1. The number of nitrogens with one attached hydrogen (secondary N) is 1. The summed E-state index contributed by atoms with van der Waals surface area (Å²) in [4.78, 5) is 21.7. The number of aromatic nitrogens is 2. The van der Waals surface area contributed by atoms with Gasteiger partial charge in [-0.25, -0.2) is 14.4 Å². The standard InChI is InChI=1S/C18H16FN3OS2/c1-3-8-20-17(23)11(2)24-18-16-14(21-10-22-18)9-15(25-16)12-4-6-13(19)7-5-12/h3-7,9-11H,1,8H2,2H3,(H,20,23)/t11-/m1/s1. The number of amides is 1. The molecular weight excluding hydrogens is 357 g/mol. The third-order valence-electron chi connectivity index (χ3n) is 3.49. The maximum absolute atomic E-state index is 13.1. The van der Waals surface area contributed by atoms with E-state index in [4.69, 9.17) is 0 Å². The lowest BCUT2D eigenvalue weighted by atomic mass is 10.2. The molecule has 0 fully saturated rings. The van der Waals surface area contributed by atoms with E-state index in [1.165, 1.54) is 41.6 Å². The van der Waals surface area contributed by atoms with E-state index in [0.717, 1.165) is 25.7 Å². The fourth-order valence-electron chi connectivity index (χ4n) is 2.21. The zero-order valence-electron chi connectivity index (χ0n) is 13.5. The monoisotopic (exact) mass is 373 g/mol. The van der Waals surface area contributed by atoms with Gasteiger partial charge in [0.25, 0.3) is 0 Å². The van der Waals surface area contributed by atoms with Crippen molar-refractivity contribution in [1.82, 2.24) is 15.3 Å². The van der Waals surface area contributed by atoms with Gasteiger partial charge in [0, 0.05) is 11.4 Å². The molecule has 3 rings (SSSR count). The van der Waals surface area contributed by atoms with Crippen LogP contribution in [0, 0.1) is 5.82 Å². The fraction of sp³-hybridized carbons (Fsp3) is 0.167. The van der Waals surface area contributed by atoms with Gasteiger partial charge in [-0.3, -0.25) is 4.79 Å². The molecule has 1 aromatic carbocycles. The predicted molar refractivity (Wildman–Crippen MR) is 101 cm³/mol. The van der Waals surface area contributed by atoms with Crippen LogP contribution in [-0.2, 0) is 4.79 Å². The molecule has 0 bridgehead atoms. The molecule has 1 atom stereocenters. The molecular formula is C18H16FN3OS2. The quantitative estimate of drug-likeness (QED) is 0.398. The number of nitrogens with zero attached hydrogens (tertiary/aromatic N) is 2. The van der Waals surface area contributed by atoms with Gasteiger partial charge in [0.1, 0.15) is 17.2 Å². The van der Waals surface area contributed by atoms with Gasteiger partial charge in [-0.2, -0.15) is 0 Å². The highest BCUT2D eigenvalue weighted by Crippen LogP contribution is 2.37. The Morgan fingerprint density at radius 1 is 1.40 bits per heavy atom. The Bertz CT molecular complexity index is 908. The Morgan fingerprint density at radius 2 is 2.16 bits per heavy atom. The van der Waals surface area contributed by atoms with E-state index in [0.29, 0.717) is 6.54 Å². The van der Waals surface area contributed by atoms with Crippen LogP contribution in [0.2, 0.25) is 0 Å². The molecule has 2 heterocycles. The first-order chi connectivity index (χ1) is 12.1. The number of hydrogen-bond donors (Lipinski definition) is 1. The number of carbonyl (C=O) groups excluding carboxylic acids is 1. The van der Waals surface area contributed by atoms with Crippen LogP contribution in [0.3, 0.4) is 0 Å². The lowest BCUT2D eigenvalue weighted by molar-refractivity contribution is -0.120. The maximum atomic E-state index is 13.1. The van der Waals surface area contributed by atoms with Crippen LogP contribution in [0.25, 0.3) is 20.7 Å². The molecule has 4 nitrogen and oxygen atoms in total. The topological polar surface area (TPSA) is 54.9 Å². The Labute approximate surface area is 153 Å². The van der Waals surface area contributed by atoms with Crippen LogP contribution in [0.15, 0.2) is 54.3 Å². The van der Waals surface area contributed by atoms with Gasteiger partial charge in [-0.1, -0.05) is 30.0 Å². The van der Waals surface area contributed by atoms with Crippen molar-refractivity contribution >= 4 is 39.2 Å². The van der Waals surface area contributed by atoms with Crippen LogP contribution in [0.1, 0.15) is 6.92 Å². The summed E-state index contributed by atoms with van der Waals surface area (Å²) in [6.07, 6.45) is 3.15.